The number of likely N-dealkylation sites (N-methyl/N-ethyl adjacent to an activating group) is 1. The van der Waals surface area contributed by atoms with E-state index in [0.717, 1.165) is 38.2 Å². The predicted octanol–water partition coefficient (Wildman–Crippen LogP) is 3.33. The Morgan fingerprint density at radius 2 is 2.36 bits per heavy atom. The number of nitrogens with one attached hydrogen (secondary N) is 1. The van der Waals surface area contributed by atoms with Gasteiger partial charge in [-0.3, -0.25) is 9.80 Å². The van der Waals surface area contributed by atoms with Crippen molar-refractivity contribution in [2.45, 2.75) is 19.4 Å². The van der Waals surface area contributed by atoms with Gasteiger partial charge in [0.15, 0.2) is 11.6 Å². The first-order valence-electron chi connectivity index (χ1n) is 8.84. The van der Waals surface area contributed by atoms with Gasteiger partial charge in [0.25, 0.3) is 0 Å². The SMILES string of the molecule is C=C(/C=C\C=C/C)CN(C)C1CCN(CCNc2ncccc2F)C1. The maximum absolute atomic E-state index is 13.5. The maximum atomic E-state index is 13.5. The number of anilines is 1. The summed E-state index contributed by atoms with van der Waals surface area (Å²) in [4.78, 5) is 8.79. The zero-order valence-electron chi connectivity index (χ0n) is 15.3. The molecule has 136 valence electrons. The Bertz CT molecular complexity index is 611. The molecule has 0 aliphatic carbocycles. The summed E-state index contributed by atoms with van der Waals surface area (Å²) in [5, 5.41) is 3.07. The van der Waals surface area contributed by atoms with Crippen LogP contribution in [0, 0.1) is 5.82 Å². The van der Waals surface area contributed by atoms with Gasteiger partial charge in [-0.15, -0.1) is 0 Å². The zero-order chi connectivity index (χ0) is 18.1. The van der Waals surface area contributed by atoms with E-state index in [1.165, 1.54) is 6.07 Å². The number of aromatic nitrogens is 1. The highest BCUT2D eigenvalue weighted by Crippen LogP contribution is 2.15. The number of hydrogen-bond acceptors (Lipinski definition) is 4. The summed E-state index contributed by atoms with van der Waals surface area (Å²) in [5.41, 5.74) is 1.12. The molecule has 2 heterocycles. The largest absolute Gasteiger partial charge is 0.366 e. The normalized spacial score (nSPS) is 18.6. The highest BCUT2D eigenvalue weighted by Gasteiger charge is 2.25. The van der Waals surface area contributed by atoms with Crippen LogP contribution in [0.3, 0.4) is 0 Å². The Morgan fingerprint density at radius 3 is 3.12 bits per heavy atom. The van der Waals surface area contributed by atoms with Crippen molar-refractivity contribution < 1.29 is 4.39 Å². The molecule has 1 aromatic heterocycles. The van der Waals surface area contributed by atoms with E-state index < -0.39 is 0 Å². The van der Waals surface area contributed by atoms with E-state index in [1.807, 2.05) is 25.2 Å². The molecule has 0 amide bonds. The van der Waals surface area contributed by atoms with Crippen molar-refractivity contribution in [2.24, 2.45) is 0 Å². The van der Waals surface area contributed by atoms with Crippen molar-refractivity contribution in [3.8, 4) is 0 Å². The van der Waals surface area contributed by atoms with Crippen LogP contribution in [0.25, 0.3) is 0 Å². The average molecular weight is 344 g/mol. The average Bonchev–Trinajstić information content (AvgIpc) is 3.06. The smallest absolute Gasteiger partial charge is 0.165 e. The lowest BCUT2D eigenvalue weighted by molar-refractivity contribution is 0.251. The monoisotopic (exact) mass is 344 g/mol. The number of nitrogens with zero attached hydrogens (tertiary/aromatic N) is 3. The topological polar surface area (TPSA) is 31.4 Å². The second kappa shape index (κ2) is 10.1. The molecule has 1 aliphatic rings. The molecule has 2 rings (SSSR count). The Balaban J connectivity index is 1.70. The standard InChI is InChI=1S/C20H29FN4/c1-4-5-6-8-17(2)15-24(3)18-10-13-25(16-18)14-12-23-20-19(21)9-7-11-22-20/h4-9,11,18H,2,10,12-16H2,1,3H3,(H,22,23)/b5-4-,8-6-. The first kappa shape index (κ1) is 19.3. The second-order valence-electron chi connectivity index (χ2n) is 6.46. The van der Waals surface area contributed by atoms with Crippen molar-refractivity contribution in [1.29, 1.82) is 0 Å². The third-order valence-corrected chi connectivity index (χ3v) is 4.44. The first-order chi connectivity index (χ1) is 12.1. The number of rotatable bonds is 9. The molecule has 0 saturated carbocycles. The van der Waals surface area contributed by atoms with Gasteiger partial charge in [-0.1, -0.05) is 30.9 Å². The third kappa shape index (κ3) is 6.44. The van der Waals surface area contributed by atoms with Gasteiger partial charge in [-0.25, -0.2) is 9.37 Å². The molecule has 4 nitrogen and oxygen atoms in total. The Morgan fingerprint density at radius 1 is 1.52 bits per heavy atom. The van der Waals surface area contributed by atoms with Gasteiger partial charge in [-0.2, -0.15) is 0 Å². The van der Waals surface area contributed by atoms with Crippen LogP contribution in [0.2, 0.25) is 0 Å². The highest BCUT2D eigenvalue weighted by molar-refractivity contribution is 5.35. The molecule has 5 heteroatoms. The molecule has 1 unspecified atom stereocenters. The second-order valence-corrected chi connectivity index (χ2v) is 6.46. The van der Waals surface area contributed by atoms with Crippen molar-refractivity contribution in [3.63, 3.8) is 0 Å². The molecule has 25 heavy (non-hydrogen) atoms. The van der Waals surface area contributed by atoms with Gasteiger partial charge in [0.05, 0.1) is 0 Å². The number of pyridine rings is 1. The minimum atomic E-state index is -0.300. The van der Waals surface area contributed by atoms with Crippen LogP contribution in [0.15, 0.2) is 54.8 Å². The molecule has 1 fully saturated rings. The minimum Gasteiger partial charge on any atom is -0.366 e. The van der Waals surface area contributed by atoms with Crippen LogP contribution in [-0.4, -0.2) is 60.6 Å². The van der Waals surface area contributed by atoms with Crippen LogP contribution in [0.5, 0.6) is 0 Å². The van der Waals surface area contributed by atoms with E-state index in [1.54, 1.807) is 12.3 Å². The third-order valence-electron chi connectivity index (χ3n) is 4.44. The fourth-order valence-corrected chi connectivity index (χ4v) is 3.03. The fraction of sp³-hybridized carbons (Fsp3) is 0.450. The summed E-state index contributed by atoms with van der Waals surface area (Å²) in [6, 6.07) is 3.56. The van der Waals surface area contributed by atoms with E-state index >= 15 is 0 Å². The summed E-state index contributed by atoms with van der Waals surface area (Å²) in [7, 11) is 2.16. The Kier molecular flexibility index (Phi) is 7.82. The lowest BCUT2D eigenvalue weighted by Gasteiger charge is -2.25. The van der Waals surface area contributed by atoms with Crippen molar-refractivity contribution in [1.82, 2.24) is 14.8 Å². The summed E-state index contributed by atoms with van der Waals surface area (Å²) in [5.74, 6) is 0.0330. The lowest BCUT2D eigenvalue weighted by atomic mass is 10.2. The number of likely N-dealkylation sites (tertiary alicyclic amines) is 1. The molecule has 1 saturated heterocycles. The van der Waals surface area contributed by atoms with Gasteiger partial charge in [0.2, 0.25) is 0 Å². The molecule has 1 aliphatic heterocycles. The van der Waals surface area contributed by atoms with Crippen molar-refractivity contribution in [3.05, 3.63) is 60.6 Å². The number of hydrogen-bond donors (Lipinski definition) is 1. The van der Waals surface area contributed by atoms with E-state index in [9.17, 15) is 4.39 Å². The summed E-state index contributed by atoms with van der Waals surface area (Å²) in [6.07, 6.45) is 10.9. The maximum Gasteiger partial charge on any atom is 0.165 e. The minimum absolute atomic E-state index is 0.300. The van der Waals surface area contributed by atoms with Crippen LogP contribution in [0.1, 0.15) is 13.3 Å². The van der Waals surface area contributed by atoms with Crippen LogP contribution >= 0.6 is 0 Å². The Labute approximate surface area is 150 Å². The predicted molar refractivity (Wildman–Crippen MR) is 103 cm³/mol. The first-order valence-corrected chi connectivity index (χ1v) is 8.84. The fourth-order valence-electron chi connectivity index (χ4n) is 3.03. The van der Waals surface area contributed by atoms with Gasteiger partial charge >= 0.3 is 0 Å². The summed E-state index contributed by atoms with van der Waals surface area (Å²) in [6.45, 7) is 10.7. The van der Waals surface area contributed by atoms with Crippen LogP contribution in [-0.2, 0) is 0 Å². The van der Waals surface area contributed by atoms with E-state index in [2.05, 4.69) is 39.8 Å². The Hall–Kier alpha value is -1.98. The lowest BCUT2D eigenvalue weighted by Crippen LogP contribution is -2.36. The summed E-state index contributed by atoms with van der Waals surface area (Å²) >= 11 is 0. The molecule has 0 aromatic carbocycles. The number of halogens is 1. The molecule has 1 aromatic rings. The molecular weight excluding hydrogens is 315 g/mol. The zero-order valence-corrected chi connectivity index (χ0v) is 15.3. The molecule has 1 atom stereocenters. The molecule has 0 bridgehead atoms. The van der Waals surface area contributed by atoms with E-state index in [-0.39, 0.29) is 5.82 Å². The molecular formula is C20H29FN4. The van der Waals surface area contributed by atoms with Gasteiger partial charge in [-0.05, 0) is 44.6 Å². The van der Waals surface area contributed by atoms with Crippen LogP contribution < -0.4 is 5.32 Å². The van der Waals surface area contributed by atoms with Gasteiger partial charge in [0.1, 0.15) is 0 Å². The molecule has 1 N–H and O–H groups in total. The molecule has 0 radical (unpaired) electrons. The highest BCUT2D eigenvalue weighted by atomic mass is 19.1. The van der Waals surface area contributed by atoms with Crippen molar-refractivity contribution in [2.75, 3.05) is 45.1 Å². The quantitative estimate of drug-likeness (QED) is 0.696. The van der Waals surface area contributed by atoms with Gasteiger partial charge < -0.3 is 5.32 Å². The molecule has 0 spiro atoms. The van der Waals surface area contributed by atoms with Crippen LogP contribution in [0.4, 0.5) is 10.2 Å². The van der Waals surface area contributed by atoms with E-state index in [0.29, 0.717) is 18.4 Å². The number of allylic oxidation sites excluding steroid dienone is 3. The van der Waals surface area contributed by atoms with Crippen molar-refractivity contribution >= 4 is 5.82 Å². The summed E-state index contributed by atoms with van der Waals surface area (Å²) < 4.78 is 13.5. The van der Waals surface area contributed by atoms with E-state index in [4.69, 9.17) is 0 Å². The van der Waals surface area contributed by atoms with Gasteiger partial charge in [0, 0.05) is 38.4 Å².